The van der Waals surface area contributed by atoms with Crippen LogP contribution < -0.4 is 11.3 Å². The summed E-state index contributed by atoms with van der Waals surface area (Å²) in [6, 6.07) is 8.41. The highest BCUT2D eigenvalue weighted by atomic mass is 16.1. The standard InChI is InChI=1S/C18H23N3O/c1-2-9-21-18(22)16(12-19)11-17(20-21)15-8-7-13-5-3-4-6-14(13)10-15/h7-8,10-11H,2-6,9,12,19H2,1H3. The van der Waals surface area contributed by atoms with Crippen molar-refractivity contribution in [3.8, 4) is 11.3 Å². The molecule has 4 nitrogen and oxygen atoms in total. The predicted octanol–water partition coefficient (Wildman–Crippen LogP) is 2.66. The Hall–Kier alpha value is -1.94. The molecular formula is C18H23N3O. The maximum absolute atomic E-state index is 12.2. The van der Waals surface area contributed by atoms with Crippen LogP contribution in [-0.4, -0.2) is 9.78 Å². The van der Waals surface area contributed by atoms with E-state index < -0.39 is 0 Å². The second-order valence-corrected chi connectivity index (χ2v) is 5.98. The lowest BCUT2D eigenvalue weighted by molar-refractivity contribution is 0.564. The van der Waals surface area contributed by atoms with Gasteiger partial charge in [0.25, 0.3) is 5.56 Å². The van der Waals surface area contributed by atoms with Crippen molar-refractivity contribution in [2.24, 2.45) is 5.73 Å². The van der Waals surface area contributed by atoms with Gasteiger partial charge in [0, 0.05) is 24.2 Å². The van der Waals surface area contributed by atoms with Crippen molar-refractivity contribution in [1.29, 1.82) is 0 Å². The van der Waals surface area contributed by atoms with Crippen LogP contribution in [0, 0.1) is 0 Å². The van der Waals surface area contributed by atoms with Crippen LogP contribution in [0.4, 0.5) is 0 Å². The van der Waals surface area contributed by atoms with Crippen molar-refractivity contribution in [1.82, 2.24) is 9.78 Å². The van der Waals surface area contributed by atoms with Gasteiger partial charge in [-0.2, -0.15) is 5.10 Å². The molecule has 0 amide bonds. The van der Waals surface area contributed by atoms with Crippen molar-refractivity contribution in [3.05, 3.63) is 51.3 Å². The smallest absolute Gasteiger partial charge is 0.271 e. The second-order valence-electron chi connectivity index (χ2n) is 5.98. The van der Waals surface area contributed by atoms with E-state index in [1.54, 1.807) is 4.68 Å². The quantitative estimate of drug-likeness (QED) is 0.943. The third-order valence-electron chi connectivity index (χ3n) is 4.35. The maximum Gasteiger partial charge on any atom is 0.271 e. The Balaban J connectivity index is 2.07. The molecule has 116 valence electrons. The summed E-state index contributed by atoms with van der Waals surface area (Å²) in [7, 11) is 0. The van der Waals surface area contributed by atoms with Crippen LogP contribution in [-0.2, 0) is 25.9 Å². The van der Waals surface area contributed by atoms with Crippen molar-refractivity contribution in [3.63, 3.8) is 0 Å². The fourth-order valence-electron chi connectivity index (χ4n) is 3.14. The summed E-state index contributed by atoms with van der Waals surface area (Å²) in [6.07, 6.45) is 5.73. The number of aryl methyl sites for hydroxylation is 3. The molecule has 0 fully saturated rings. The van der Waals surface area contributed by atoms with E-state index in [2.05, 4.69) is 23.3 Å². The molecule has 0 bridgehead atoms. The number of hydrogen-bond acceptors (Lipinski definition) is 3. The minimum atomic E-state index is -0.0638. The Morgan fingerprint density at radius 3 is 2.68 bits per heavy atom. The molecule has 1 aromatic carbocycles. The van der Waals surface area contributed by atoms with Crippen LogP contribution in [0.3, 0.4) is 0 Å². The average Bonchev–Trinajstić information content (AvgIpc) is 2.56. The third kappa shape index (κ3) is 2.83. The Bertz CT molecular complexity index is 734. The molecule has 1 aromatic heterocycles. The van der Waals surface area contributed by atoms with E-state index in [-0.39, 0.29) is 12.1 Å². The number of rotatable bonds is 4. The zero-order chi connectivity index (χ0) is 15.5. The first-order valence-corrected chi connectivity index (χ1v) is 8.16. The van der Waals surface area contributed by atoms with Gasteiger partial charge in [0.1, 0.15) is 0 Å². The largest absolute Gasteiger partial charge is 0.326 e. The van der Waals surface area contributed by atoms with E-state index in [9.17, 15) is 4.79 Å². The van der Waals surface area contributed by atoms with Crippen LogP contribution in [0.1, 0.15) is 42.9 Å². The second kappa shape index (κ2) is 6.44. The van der Waals surface area contributed by atoms with Gasteiger partial charge in [0.15, 0.2) is 0 Å². The van der Waals surface area contributed by atoms with Crippen molar-refractivity contribution in [2.75, 3.05) is 0 Å². The number of benzene rings is 1. The minimum absolute atomic E-state index is 0.0638. The molecule has 1 aliphatic carbocycles. The summed E-state index contributed by atoms with van der Waals surface area (Å²) in [5.74, 6) is 0. The van der Waals surface area contributed by atoms with Crippen molar-refractivity contribution in [2.45, 2.75) is 52.1 Å². The average molecular weight is 297 g/mol. The number of hydrogen-bond donors (Lipinski definition) is 1. The molecule has 3 rings (SSSR count). The Morgan fingerprint density at radius 2 is 1.95 bits per heavy atom. The summed E-state index contributed by atoms with van der Waals surface area (Å²) in [6.45, 7) is 2.93. The van der Waals surface area contributed by atoms with Crippen LogP contribution in [0.15, 0.2) is 29.1 Å². The first-order valence-electron chi connectivity index (χ1n) is 8.16. The van der Waals surface area contributed by atoms with Gasteiger partial charge in [0.05, 0.1) is 5.69 Å². The van der Waals surface area contributed by atoms with E-state index >= 15 is 0 Å². The Morgan fingerprint density at radius 1 is 1.18 bits per heavy atom. The first kappa shape index (κ1) is 15.0. The van der Waals surface area contributed by atoms with Gasteiger partial charge in [-0.05, 0) is 55.4 Å². The molecule has 0 radical (unpaired) electrons. The van der Waals surface area contributed by atoms with Gasteiger partial charge in [-0.1, -0.05) is 19.1 Å². The monoisotopic (exact) mass is 297 g/mol. The van der Waals surface area contributed by atoms with Crippen molar-refractivity contribution >= 4 is 0 Å². The summed E-state index contributed by atoms with van der Waals surface area (Å²) in [5.41, 5.74) is 11.1. The summed E-state index contributed by atoms with van der Waals surface area (Å²) in [4.78, 5) is 12.2. The molecule has 2 aromatic rings. The highest BCUT2D eigenvalue weighted by Crippen LogP contribution is 2.26. The Kier molecular flexibility index (Phi) is 4.39. The lowest BCUT2D eigenvalue weighted by Crippen LogP contribution is -2.28. The van der Waals surface area contributed by atoms with Gasteiger partial charge in [-0.25, -0.2) is 4.68 Å². The zero-order valence-corrected chi connectivity index (χ0v) is 13.1. The molecule has 2 N–H and O–H groups in total. The maximum atomic E-state index is 12.2. The fraction of sp³-hybridized carbons (Fsp3) is 0.444. The van der Waals surface area contributed by atoms with Gasteiger partial charge in [-0.3, -0.25) is 4.79 Å². The van der Waals surface area contributed by atoms with Crippen LogP contribution in [0.25, 0.3) is 11.3 Å². The molecule has 22 heavy (non-hydrogen) atoms. The van der Waals surface area contributed by atoms with Gasteiger partial charge < -0.3 is 5.73 Å². The van der Waals surface area contributed by atoms with Crippen molar-refractivity contribution < 1.29 is 0 Å². The number of aromatic nitrogens is 2. The van der Waals surface area contributed by atoms with E-state index in [1.165, 1.54) is 30.4 Å². The third-order valence-corrected chi connectivity index (χ3v) is 4.35. The van der Waals surface area contributed by atoms with Crippen LogP contribution in [0.5, 0.6) is 0 Å². The molecule has 0 saturated carbocycles. The van der Waals surface area contributed by atoms with E-state index in [0.29, 0.717) is 12.1 Å². The zero-order valence-electron chi connectivity index (χ0n) is 13.1. The Labute approximate surface area is 131 Å². The van der Waals surface area contributed by atoms with Gasteiger partial charge in [-0.15, -0.1) is 0 Å². The normalized spacial score (nSPS) is 13.9. The number of fused-ring (bicyclic) bond motifs is 1. The lowest BCUT2D eigenvalue weighted by atomic mass is 9.90. The van der Waals surface area contributed by atoms with E-state index in [0.717, 1.165) is 24.1 Å². The molecule has 1 aliphatic rings. The van der Waals surface area contributed by atoms with Gasteiger partial charge >= 0.3 is 0 Å². The molecule has 0 saturated heterocycles. The minimum Gasteiger partial charge on any atom is -0.326 e. The van der Waals surface area contributed by atoms with E-state index in [4.69, 9.17) is 5.73 Å². The van der Waals surface area contributed by atoms with Crippen LogP contribution >= 0.6 is 0 Å². The molecule has 1 heterocycles. The lowest BCUT2D eigenvalue weighted by Gasteiger charge is -2.17. The molecule has 0 spiro atoms. The van der Waals surface area contributed by atoms with Gasteiger partial charge in [0.2, 0.25) is 0 Å². The van der Waals surface area contributed by atoms with E-state index in [1.807, 2.05) is 13.0 Å². The molecule has 0 unspecified atom stereocenters. The SMILES string of the molecule is CCCn1nc(-c2ccc3c(c2)CCCC3)cc(CN)c1=O. The molecule has 0 aliphatic heterocycles. The molecular weight excluding hydrogens is 274 g/mol. The molecule has 4 heteroatoms. The number of nitrogens with two attached hydrogens (primary N) is 1. The van der Waals surface area contributed by atoms with Crippen LogP contribution in [0.2, 0.25) is 0 Å². The summed E-state index contributed by atoms with van der Waals surface area (Å²) in [5, 5.41) is 4.54. The predicted molar refractivity (Wildman–Crippen MR) is 88.8 cm³/mol. The highest BCUT2D eigenvalue weighted by Gasteiger charge is 2.13. The summed E-state index contributed by atoms with van der Waals surface area (Å²) < 4.78 is 1.55. The summed E-state index contributed by atoms with van der Waals surface area (Å²) >= 11 is 0. The topological polar surface area (TPSA) is 60.9 Å². The first-order chi connectivity index (χ1) is 10.7. The number of nitrogens with zero attached hydrogens (tertiary/aromatic N) is 2. The molecule has 0 atom stereocenters. The highest BCUT2D eigenvalue weighted by molar-refractivity contribution is 5.61. The fourth-order valence-corrected chi connectivity index (χ4v) is 3.14.